The van der Waals surface area contributed by atoms with Crippen molar-refractivity contribution in [2.45, 2.75) is 84.7 Å². The molecule has 0 aliphatic carbocycles. The molecule has 1 unspecified atom stereocenters. The molecule has 8 rings (SSSR count). The predicted octanol–water partition coefficient (Wildman–Crippen LogP) is 9.60. The highest BCUT2D eigenvalue weighted by molar-refractivity contribution is 5.84. The van der Waals surface area contributed by atoms with Crippen LogP contribution in [0.15, 0.2) is 69.7 Å². The second-order valence-electron chi connectivity index (χ2n) is 14.5. The topological polar surface area (TPSA) is 144 Å². The quantitative estimate of drug-likeness (QED) is 0.112. The van der Waals surface area contributed by atoms with E-state index in [9.17, 15) is 14.5 Å². The molecule has 0 amide bonds. The lowest BCUT2D eigenvalue weighted by Gasteiger charge is -2.27. The van der Waals surface area contributed by atoms with Crippen LogP contribution in [0.2, 0.25) is 0 Å². The Bertz CT molecular complexity index is 2230. The Labute approximate surface area is 319 Å². The summed E-state index contributed by atoms with van der Waals surface area (Å²) in [5, 5.41) is 22.7. The first-order valence-electron chi connectivity index (χ1n) is 18.9. The molecule has 0 radical (unpaired) electrons. The van der Waals surface area contributed by atoms with Crippen LogP contribution in [-0.2, 0) is 15.9 Å². The van der Waals surface area contributed by atoms with E-state index in [1.807, 2.05) is 39.0 Å². The molecule has 12 nitrogen and oxygen atoms in total. The summed E-state index contributed by atoms with van der Waals surface area (Å²) in [7, 11) is 0. The fourth-order valence-electron chi connectivity index (χ4n) is 7.83. The van der Waals surface area contributed by atoms with Gasteiger partial charge in [-0.2, -0.15) is 0 Å². The number of anilines is 1. The van der Waals surface area contributed by atoms with E-state index in [4.69, 9.17) is 23.5 Å². The fourth-order valence-corrected chi connectivity index (χ4v) is 7.83. The number of fused-ring (bicyclic) bond motifs is 1. The van der Waals surface area contributed by atoms with Crippen LogP contribution in [0, 0.1) is 43.6 Å². The summed E-state index contributed by atoms with van der Waals surface area (Å²) >= 11 is 0. The van der Waals surface area contributed by atoms with Gasteiger partial charge in [0.2, 0.25) is 0 Å². The molecule has 1 N–H and O–H groups in total. The first kappa shape index (κ1) is 37.9. The minimum Gasteiger partial charge on any atom is -0.381 e. The van der Waals surface area contributed by atoms with Crippen molar-refractivity contribution in [1.29, 1.82) is 0 Å². The molecule has 1 atom stereocenters. The number of nitro benzene ring substituents is 1. The number of imidazole rings is 1. The minimum atomic E-state index is -0.358. The summed E-state index contributed by atoms with van der Waals surface area (Å²) in [6, 6.07) is 19.0. The number of nitrogens with one attached hydrogen (secondary N) is 1. The third-order valence-corrected chi connectivity index (χ3v) is 10.6. The molecule has 3 aromatic carbocycles. The van der Waals surface area contributed by atoms with Gasteiger partial charge in [-0.05, 0) is 107 Å². The van der Waals surface area contributed by atoms with Gasteiger partial charge in [-0.25, -0.2) is 9.37 Å². The summed E-state index contributed by atoms with van der Waals surface area (Å²) in [6.07, 6.45) is 4.47. The third kappa shape index (κ3) is 8.32. The molecule has 288 valence electrons. The van der Waals surface area contributed by atoms with Crippen molar-refractivity contribution in [2.24, 2.45) is 0 Å². The van der Waals surface area contributed by atoms with Crippen LogP contribution in [0.4, 0.5) is 15.8 Å². The number of aromatic nitrogens is 4. The van der Waals surface area contributed by atoms with Crippen molar-refractivity contribution >= 4 is 22.4 Å². The second kappa shape index (κ2) is 16.5. The van der Waals surface area contributed by atoms with Crippen molar-refractivity contribution < 1.29 is 27.8 Å². The number of halogens is 1. The van der Waals surface area contributed by atoms with Crippen LogP contribution < -0.4 is 5.32 Å². The summed E-state index contributed by atoms with van der Waals surface area (Å²) in [6.45, 7) is 12.6. The lowest BCUT2D eigenvalue weighted by molar-refractivity contribution is -0.383. The van der Waals surface area contributed by atoms with Gasteiger partial charge in [0.05, 0.1) is 27.3 Å². The fraction of sp³-hybridized carbons (Fsp3) is 0.405. The van der Waals surface area contributed by atoms with E-state index in [1.54, 1.807) is 19.1 Å². The zero-order chi connectivity index (χ0) is 38.6. The number of ether oxygens (including phenoxy) is 2. The Kier molecular flexibility index (Phi) is 11.4. The van der Waals surface area contributed by atoms with Gasteiger partial charge in [0.15, 0.2) is 0 Å². The molecular weight excluding hydrogens is 703 g/mol. The van der Waals surface area contributed by atoms with Crippen molar-refractivity contribution in [3.05, 3.63) is 111 Å². The number of hydrogen-bond acceptors (Lipinski definition) is 10. The Morgan fingerprint density at radius 3 is 2.00 bits per heavy atom. The predicted molar refractivity (Wildman–Crippen MR) is 208 cm³/mol. The van der Waals surface area contributed by atoms with Crippen LogP contribution in [0.25, 0.3) is 33.3 Å². The molecule has 13 heteroatoms. The summed E-state index contributed by atoms with van der Waals surface area (Å²) in [4.78, 5) is 16.2. The largest absolute Gasteiger partial charge is 0.381 e. The number of benzene rings is 3. The van der Waals surface area contributed by atoms with E-state index in [0.29, 0.717) is 30.7 Å². The van der Waals surface area contributed by atoms with E-state index in [0.717, 1.165) is 107 Å². The molecule has 55 heavy (non-hydrogen) atoms. The van der Waals surface area contributed by atoms with Gasteiger partial charge in [-0.15, -0.1) is 0 Å². The van der Waals surface area contributed by atoms with Gasteiger partial charge in [-0.3, -0.25) is 10.1 Å². The summed E-state index contributed by atoms with van der Waals surface area (Å²) in [5.74, 6) is 2.53. The van der Waals surface area contributed by atoms with Crippen molar-refractivity contribution in [3.8, 4) is 22.3 Å². The van der Waals surface area contributed by atoms with Gasteiger partial charge in [-0.1, -0.05) is 41.5 Å². The van der Waals surface area contributed by atoms with E-state index in [2.05, 4.69) is 45.3 Å². The normalized spacial score (nSPS) is 15.8. The van der Waals surface area contributed by atoms with Crippen LogP contribution in [0.5, 0.6) is 0 Å². The lowest BCUT2D eigenvalue weighted by Crippen LogP contribution is -2.28. The summed E-state index contributed by atoms with van der Waals surface area (Å²) < 4.78 is 37.3. The Balaban J connectivity index is 0.000000179. The van der Waals surface area contributed by atoms with Gasteiger partial charge >= 0.3 is 0 Å². The number of nitro groups is 1. The van der Waals surface area contributed by atoms with Crippen LogP contribution in [0.3, 0.4) is 0 Å². The van der Waals surface area contributed by atoms with Crippen LogP contribution in [-0.4, -0.2) is 57.3 Å². The second-order valence-corrected chi connectivity index (χ2v) is 14.5. The highest BCUT2D eigenvalue weighted by Gasteiger charge is 2.26. The smallest absolute Gasteiger partial charge is 0.292 e. The third-order valence-electron chi connectivity index (χ3n) is 10.6. The number of hydrogen-bond donors (Lipinski definition) is 1. The molecule has 2 aliphatic heterocycles. The molecule has 3 aromatic heterocycles. The number of aryl methyl sites for hydroxylation is 4. The van der Waals surface area contributed by atoms with E-state index >= 15 is 0 Å². The maximum atomic E-state index is 13.4. The molecule has 2 fully saturated rings. The van der Waals surface area contributed by atoms with Gasteiger partial charge in [0.25, 0.3) is 5.69 Å². The molecule has 0 saturated carbocycles. The zero-order valence-corrected chi connectivity index (χ0v) is 31.9. The molecule has 2 aliphatic rings. The minimum absolute atomic E-state index is 0.0639. The SMILES string of the molecule is Cc1noc(C)c1-c1ccc(NC2CCOCC2)c([N+](=O)[O-])c1.Cc1noc(C)c1-c1ccc2c(c1)nc(C(C)Cc1ccc(F)cc1)n2C1CCOCC1. The van der Waals surface area contributed by atoms with E-state index < -0.39 is 0 Å². The lowest BCUT2D eigenvalue weighted by atomic mass is 9.99. The molecule has 6 aromatic rings. The number of nitrogens with zero attached hydrogens (tertiary/aromatic N) is 5. The van der Waals surface area contributed by atoms with E-state index in [-0.39, 0.29) is 28.4 Å². The molecular formula is C42H47FN6O6. The average Bonchev–Trinajstić information content (AvgIpc) is 3.86. The number of rotatable bonds is 9. The van der Waals surface area contributed by atoms with Crippen molar-refractivity contribution in [3.63, 3.8) is 0 Å². The molecule has 0 spiro atoms. The van der Waals surface area contributed by atoms with Gasteiger partial charge in [0, 0.05) is 61.6 Å². The monoisotopic (exact) mass is 750 g/mol. The standard InChI is InChI=1S/C26H28FN3O2.C16H19N3O4/c1-16(14-19-4-7-21(27)8-5-19)26-28-23-15-20(25-17(2)29-32-18(25)3)6-9-24(23)30(26)22-10-12-31-13-11-22;1-10-16(11(2)23-18-10)12-3-4-14(15(9-12)19(20)21)17-13-5-7-22-8-6-13/h4-9,15-16,22H,10-14H2,1-3H3;3-4,9,13,17H,5-8H2,1-2H3. The van der Waals surface area contributed by atoms with Crippen LogP contribution >= 0.6 is 0 Å². The first-order chi connectivity index (χ1) is 26.6. The molecule has 5 heterocycles. The van der Waals surface area contributed by atoms with Crippen molar-refractivity contribution in [1.82, 2.24) is 19.9 Å². The first-order valence-corrected chi connectivity index (χ1v) is 18.9. The maximum Gasteiger partial charge on any atom is 0.292 e. The molecule has 2 saturated heterocycles. The highest BCUT2D eigenvalue weighted by Crippen LogP contribution is 2.37. The zero-order valence-electron chi connectivity index (χ0n) is 31.9. The average molecular weight is 751 g/mol. The van der Waals surface area contributed by atoms with Gasteiger partial charge < -0.3 is 28.4 Å². The van der Waals surface area contributed by atoms with Gasteiger partial charge in [0.1, 0.15) is 28.8 Å². The van der Waals surface area contributed by atoms with E-state index in [1.165, 1.54) is 12.1 Å². The van der Waals surface area contributed by atoms with Crippen molar-refractivity contribution in [2.75, 3.05) is 31.7 Å². The Morgan fingerprint density at radius 2 is 1.42 bits per heavy atom. The summed E-state index contributed by atoms with van der Waals surface area (Å²) in [5.41, 5.74) is 9.11. The highest BCUT2D eigenvalue weighted by atomic mass is 19.1. The maximum absolute atomic E-state index is 13.4. The Morgan fingerprint density at radius 1 is 0.836 bits per heavy atom. The molecule has 0 bridgehead atoms. The Hall–Kier alpha value is -5.40. The van der Waals surface area contributed by atoms with Crippen LogP contribution in [0.1, 0.15) is 78.9 Å².